The van der Waals surface area contributed by atoms with Crippen molar-refractivity contribution in [3.05, 3.63) is 236 Å². The average Bonchev–Trinajstić information content (AvgIpc) is 3.27. The summed E-state index contributed by atoms with van der Waals surface area (Å²) in [5.41, 5.74) is 10.2. The third-order valence-corrected chi connectivity index (χ3v) is 11.7. The monoisotopic (exact) mass is 836 g/mol. The van der Waals surface area contributed by atoms with Crippen molar-refractivity contribution < 1.29 is 40.9 Å². The van der Waals surface area contributed by atoms with E-state index in [4.69, 9.17) is 0 Å². The van der Waals surface area contributed by atoms with Gasteiger partial charge in [0.15, 0.2) is 0 Å². The minimum atomic E-state index is 0.0901. The van der Waals surface area contributed by atoms with Crippen LogP contribution in [-0.2, 0) is 44.9 Å². The first-order valence-electron chi connectivity index (χ1n) is 20.8. The van der Waals surface area contributed by atoms with Gasteiger partial charge >= 0.3 is 0 Å². The van der Waals surface area contributed by atoms with Gasteiger partial charge in [-0.15, -0.1) is 0 Å². The molecule has 8 heteroatoms. The highest BCUT2D eigenvalue weighted by atomic mass is 16.3. The lowest BCUT2D eigenvalue weighted by atomic mass is 9.93. The van der Waals surface area contributed by atoms with Gasteiger partial charge in [0.2, 0.25) is 0 Å². The van der Waals surface area contributed by atoms with Crippen LogP contribution >= 0.6 is 0 Å². The van der Waals surface area contributed by atoms with Gasteiger partial charge in [0.05, 0.1) is 0 Å². The highest BCUT2D eigenvalue weighted by Gasteiger charge is 2.17. The van der Waals surface area contributed by atoms with E-state index < -0.39 is 0 Å². The molecule has 0 saturated carbocycles. The maximum Gasteiger partial charge on any atom is 0.122 e. The molecule has 0 aromatic heterocycles. The molecule has 8 aromatic rings. The molecule has 8 N–H and O–H groups in total. The fourth-order valence-corrected chi connectivity index (χ4v) is 8.24. The summed E-state index contributed by atoms with van der Waals surface area (Å²) in [5.74, 6) is 1.03. The van der Waals surface area contributed by atoms with Crippen LogP contribution in [0, 0.1) is 0 Å². The number of para-hydroxylation sites is 4. The van der Waals surface area contributed by atoms with Crippen LogP contribution in [0.25, 0.3) is 0 Å². The maximum absolute atomic E-state index is 11.5. The van der Waals surface area contributed by atoms with Gasteiger partial charge in [0, 0.05) is 44.9 Å². The maximum atomic E-state index is 11.5. The Morgan fingerprint density at radius 2 is 0.444 bits per heavy atom. The number of rotatable bonds is 14. The van der Waals surface area contributed by atoms with Crippen molar-refractivity contribution in [2.45, 2.75) is 44.9 Å². The fraction of sp³-hybridized carbons (Fsp3) is 0.127. The molecule has 0 heterocycles. The Bertz CT molecular complexity index is 2740. The lowest BCUT2D eigenvalue weighted by Gasteiger charge is -2.15. The Balaban J connectivity index is 0.958. The van der Waals surface area contributed by atoms with Crippen LogP contribution in [0.5, 0.6) is 46.0 Å². The number of hydrogen-bond donors (Lipinski definition) is 8. The zero-order chi connectivity index (χ0) is 44.0. The predicted octanol–water partition coefficient (Wildman–Crippen LogP) is 10.5. The minimum Gasteiger partial charge on any atom is -0.508 e. The molecule has 0 spiro atoms. The quantitative estimate of drug-likeness (QED) is 0.0537. The average molecular weight is 837 g/mol. The van der Waals surface area contributed by atoms with Crippen molar-refractivity contribution >= 4 is 0 Å². The van der Waals surface area contributed by atoms with E-state index in [0.29, 0.717) is 70.2 Å². The van der Waals surface area contributed by atoms with Crippen LogP contribution in [0.15, 0.2) is 158 Å². The molecule has 8 rings (SSSR count). The van der Waals surface area contributed by atoms with Gasteiger partial charge in [0.1, 0.15) is 46.0 Å². The predicted molar refractivity (Wildman–Crippen MR) is 244 cm³/mol. The fourth-order valence-electron chi connectivity index (χ4n) is 8.24. The lowest BCUT2D eigenvalue weighted by Crippen LogP contribution is -1.99. The number of phenolic OH excluding ortho intramolecular Hbond substituents is 8. The first-order chi connectivity index (χ1) is 30.5. The molecule has 0 amide bonds. The van der Waals surface area contributed by atoms with Crippen LogP contribution in [0.4, 0.5) is 0 Å². The molecule has 8 aromatic carbocycles. The van der Waals surface area contributed by atoms with Crippen molar-refractivity contribution in [1.82, 2.24) is 0 Å². The summed E-state index contributed by atoms with van der Waals surface area (Å²) in [6, 6.07) is 46.6. The third kappa shape index (κ3) is 9.87. The smallest absolute Gasteiger partial charge is 0.122 e. The van der Waals surface area contributed by atoms with E-state index in [2.05, 4.69) is 0 Å². The zero-order valence-electron chi connectivity index (χ0n) is 34.5. The number of aromatic hydroxyl groups is 8. The minimum absolute atomic E-state index is 0.0901. The molecule has 0 unspecified atom stereocenters. The Morgan fingerprint density at radius 1 is 0.206 bits per heavy atom. The molecule has 8 nitrogen and oxygen atoms in total. The van der Waals surface area contributed by atoms with Crippen molar-refractivity contribution in [2.24, 2.45) is 0 Å². The molecule has 0 fully saturated rings. The summed E-state index contributed by atoms with van der Waals surface area (Å²) in [6.45, 7) is 0. The standard InChI is InChI=1S/C55H48O8/c56-48-13-3-1-7-38(48)23-34-15-19-50(58)44(27-34)32-46-29-36(17-21-52(46)60)25-40-9-5-11-42(54(40)62)31-43-12-6-10-41(55(43)63)26-37-18-22-53(61)47(30-37)33-45-28-35(16-20-51(45)59)24-39-8-2-4-14-49(39)57/h1-22,27-30,56-63H,23-26,31-33H2. The first-order valence-corrected chi connectivity index (χ1v) is 20.8. The summed E-state index contributed by atoms with van der Waals surface area (Å²) < 4.78 is 0. The van der Waals surface area contributed by atoms with Crippen LogP contribution < -0.4 is 0 Å². The summed E-state index contributed by atoms with van der Waals surface area (Å²) in [5, 5.41) is 86.8. The Morgan fingerprint density at radius 3 is 0.762 bits per heavy atom. The SMILES string of the molecule is Oc1ccccc1Cc1ccc(O)c(Cc2cc(Cc3cccc(Cc4cccc(Cc5ccc(O)c(Cc6cc(Cc7ccccc7O)ccc6O)c5)c4O)c3O)ccc2O)c1. The number of phenols is 8. The van der Waals surface area contributed by atoms with E-state index >= 15 is 0 Å². The largest absolute Gasteiger partial charge is 0.508 e. The van der Waals surface area contributed by atoms with Gasteiger partial charge in [0.25, 0.3) is 0 Å². The van der Waals surface area contributed by atoms with Gasteiger partial charge < -0.3 is 40.9 Å². The third-order valence-electron chi connectivity index (χ3n) is 11.7. The summed E-state index contributed by atoms with van der Waals surface area (Å²) >= 11 is 0. The van der Waals surface area contributed by atoms with E-state index in [0.717, 1.165) is 33.4 Å². The molecular weight excluding hydrogens is 789 g/mol. The Kier molecular flexibility index (Phi) is 12.2. The highest BCUT2D eigenvalue weighted by Crippen LogP contribution is 2.35. The topological polar surface area (TPSA) is 162 Å². The van der Waals surface area contributed by atoms with Crippen LogP contribution in [-0.4, -0.2) is 40.9 Å². The van der Waals surface area contributed by atoms with Crippen LogP contribution in [0.1, 0.15) is 77.9 Å². The van der Waals surface area contributed by atoms with Crippen molar-refractivity contribution in [3.63, 3.8) is 0 Å². The van der Waals surface area contributed by atoms with Gasteiger partial charge in [-0.2, -0.15) is 0 Å². The van der Waals surface area contributed by atoms with Gasteiger partial charge in [-0.1, -0.05) is 121 Å². The molecule has 0 aliphatic heterocycles. The second-order valence-electron chi connectivity index (χ2n) is 16.2. The van der Waals surface area contributed by atoms with Crippen LogP contribution in [0.3, 0.4) is 0 Å². The normalized spacial score (nSPS) is 11.2. The second-order valence-corrected chi connectivity index (χ2v) is 16.2. The van der Waals surface area contributed by atoms with Gasteiger partial charge in [-0.05, 0) is 114 Å². The molecular formula is C55H48O8. The first kappa shape index (κ1) is 41.9. The zero-order valence-corrected chi connectivity index (χ0v) is 34.5. The summed E-state index contributed by atoms with van der Waals surface area (Å²) in [7, 11) is 0. The number of hydrogen-bond acceptors (Lipinski definition) is 8. The van der Waals surface area contributed by atoms with E-state index in [9.17, 15) is 40.9 Å². The van der Waals surface area contributed by atoms with E-state index in [1.807, 2.05) is 109 Å². The van der Waals surface area contributed by atoms with E-state index in [1.165, 1.54) is 0 Å². The van der Waals surface area contributed by atoms with Crippen LogP contribution in [0.2, 0.25) is 0 Å². The molecule has 316 valence electrons. The molecule has 0 radical (unpaired) electrons. The van der Waals surface area contributed by atoms with E-state index in [-0.39, 0.29) is 65.3 Å². The van der Waals surface area contributed by atoms with Gasteiger partial charge in [-0.25, -0.2) is 0 Å². The molecule has 0 aliphatic rings. The lowest BCUT2D eigenvalue weighted by molar-refractivity contribution is 0.457. The molecule has 0 bridgehead atoms. The highest BCUT2D eigenvalue weighted by molar-refractivity contribution is 5.53. The molecule has 63 heavy (non-hydrogen) atoms. The summed E-state index contributed by atoms with van der Waals surface area (Å²) in [4.78, 5) is 0. The van der Waals surface area contributed by atoms with Crippen molar-refractivity contribution in [1.29, 1.82) is 0 Å². The second kappa shape index (κ2) is 18.4. The molecule has 0 aliphatic carbocycles. The number of benzene rings is 8. The molecule has 0 atom stereocenters. The van der Waals surface area contributed by atoms with Gasteiger partial charge in [-0.3, -0.25) is 0 Å². The van der Waals surface area contributed by atoms with Crippen molar-refractivity contribution in [2.75, 3.05) is 0 Å². The Hall–Kier alpha value is -7.84. The summed E-state index contributed by atoms with van der Waals surface area (Å²) in [6.07, 6.45) is 2.53. The van der Waals surface area contributed by atoms with E-state index in [1.54, 1.807) is 48.5 Å². The molecule has 0 saturated heterocycles. The van der Waals surface area contributed by atoms with Crippen molar-refractivity contribution in [3.8, 4) is 46.0 Å². The Labute approximate surface area is 366 Å².